The van der Waals surface area contributed by atoms with Crippen molar-refractivity contribution >= 4 is 11.2 Å². The van der Waals surface area contributed by atoms with Gasteiger partial charge in [-0.15, -0.1) is 13.2 Å². The number of para-hydroxylation sites is 2. The number of hydrogen-bond donors (Lipinski definition) is 1. The number of ether oxygens (including phenoxy) is 2. The molecule has 0 atom stereocenters. The maximum atomic E-state index is 13.4. The Morgan fingerprint density at radius 2 is 1.67 bits per heavy atom. The van der Waals surface area contributed by atoms with E-state index in [1.807, 2.05) is 0 Å². The van der Waals surface area contributed by atoms with Crippen molar-refractivity contribution in [2.45, 2.75) is 25.9 Å². The fourth-order valence-corrected chi connectivity index (χ4v) is 3.62. The van der Waals surface area contributed by atoms with E-state index in [1.54, 1.807) is 0 Å². The van der Waals surface area contributed by atoms with Crippen LogP contribution >= 0.6 is 0 Å². The lowest BCUT2D eigenvalue weighted by Gasteiger charge is -2.14. The van der Waals surface area contributed by atoms with Crippen LogP contribution in [0.2, 0.25) is 0 Å². The fraction of sp³-hybridized carbons (Fsp3) is 0.261. The lowest BCUT2D eigenvalue weighted by molar-refractivity contribution is -0.275. The minimum atomic E-state index is -4.99. The summed E-state index contributed by atoms with van der Waals surface area (Å²) in [4.78, 5) is 30.3. The summed E-state index contributed by atoms with van der Waals surface area (Å²) in [5.41, 5.74) is -1.04. The first-order valence-electron chi connectivity index (χ1n) is 10.7. The topological polar surface area (TPSA) is 101 Å². The number of imidazole rings is 1. The van der Waals surface area contributed by atoms with Crippen LogP contribution in [0.15, 0.2) is 58.1 Å². The lowest BCUT2D eigenvalue weighted by Crippen LogP contribution is -2.39. The van der Waals surface area contributed by atoms with Gasteiger partial charge in [0.05, 0.1) is 6.54 Å². The maximum Gasteiger partial charge on any atom is 0.573 e. The molecular weight excluding hydrogens is 488 g/mol. The summed E-state index contributed by atoms with van der Waals surface area (Å²) in [5.74, 6) is -1.46. The third-order valence-electron chi connectivity index (χ3n) is 5.27. The average molecular weight is 508 g/mol. The van der Waals surface area contributed by atoms with E-state index >= 15 is 0 Å². The van der Waals surface area contributed by atoms with Crippen LogP contribution in [0.4, 0.5) is 17.6 Å². The van der Waals surface area contributed by atoms with Crippen LogP contribution in [0.1, 0.15) is 12.0 Å². The van der Waals surface area contributed by atoms with Crippen molar-refractivity contribution < 1.29 is 32.1 Å². The number of fused-ring (bicyclic) bond motifs is 1. The number of alkyl halides is 3. The summed E-state index contributed by atoms with van der Waals surface area (Å²) in [7, 11) is 1.37. The number of aromatic nitrogens is 4. The van der Waals surface area contributed by atoms with Crippen molar-refractivity contribution in [3.63, 3.8) is 0 Å². The molecule has 4 rings (SSSR count). The van der Waals surface area contributed by atoms with E-state index in [4.69, 9.17) is 9.84 Å². The molecular formula is C23H20F4N4O5. The molecule has 0 aliphatic heterocycles. The number of rotatable bonds is 8. The quantitative estimate of drug-likeness (QED) is 0.367. The molecule has 0 spiro atoms. The van der Waals surface area contributed by atoms with Gasteiger partial charge in [-0.1, -0.05) is 24.3 Å². The van der Waals surface area contributed by atoms with Crippen LogP contribution in [0, 0.1) is 5.82 Å². The van der Waals surface area contributed by atoms with Crippen molar-refractivity contribution in [1.29, 1.82) is 0 Å². The molecule has 190 valence electrons. The standard InChI is InChI=1S/C23H20F4N4O5/c1-29-19-18(20(33)30(22(29)34)11-4-12-32)31(13-14-7-9-15(24)10-8-14)21(28-19)35-16-5-2-3-6-17(16)36-23(25,26)27/h2-3,5-10,32H,4,11-13H2,1H3. The summed E-state index contributed by atoms with van der Waals surface area (Å²) < 4.78 is 65.1. The number of aryl methyl sites for hydroxylation is 1. The van der Waals surface area contributed by atoms with Gasteiger partial charge in [0.15, 0.2) is 22.7 Å². The van der Waals surface area contributed by atoms with Gasteiger partial charge in [-0.25, -0.2) is 9.18 Å². The van der Waals surface area contributed by atoms with Crippen molar-refractivity contribution in [2.75, 3.05) is 6.61 Å². The Balaban J connectivity index is 1.92. The Morgan fingerprint density at radius 1 is 1.00 bits per heavy atom. The number of benzene rings is 2. The SMILES string of the molecule is Cn1c(=O)n(CCCO)c(=O)c2c1nc(Oc1ccccc1OC(F)(F)F)n2Cc1ccc(F)cc1. The van der Waals surface area contributed by atoms with Crippen molar-refractivity contribution in [3.8, 4) is 17.5 Å². The van der Waals surface area contributed by atoms with E-state index in [0.717, 1.165) is 15.2 Å². The number of aliphatic hydroxyl groups is 1. The van der Waals surface area contributed by atoms with E-state index < -0.39 is 29.2 Å². The van der Waals surface area contributed by atoms with Crippen molar-refractivity contribution in [2.24, 2.45) is 7.05 Å². The number of nitrogens with zero attached hydrogens (tertiary/aromatic N) is 4. The summed E-state index contributed by atoms with van der Waals surface area (Å²) in [5, 5.41) is 9.15. The van der Waals surface area contributed by atoms with E-state index in [1.165, 1.54) is 54.1 Å². The molecule has 0 aliphatic rings. The van der Waals surface area contributed by atoms with Crippen LogP contribution in [0.25, 0.3) is 11.2 Å². The van der Waals surface area contributed by atoms with E-state index in [-0.39, 0.29) is 49.0 Å². The molecule has 2 heterocycles. The van der Waals surface area contributed by atoms with E-state index in [2.05, 4.69) is 9.72 Å². The first-order chi connectivity index (χ1) is 17.1. The monoisotopic (exact) mass is 508 g/mol. The Hall–Kier alpha value is -4.13. The van der Waals surface area contributed by atoms with E-state index in [9.17, 15) is 27.2 Å². The maximum absolute atomic E-state index is 13.4. The van der Waals surface area contributed by atoms with Gasteiger partial charge >= 0.3 is 18.1 Å². The summed E-state index contributed by atoms with van der Waals surface area (Å²) >= 11 is 0. The zero-order valence-electron chi connectivity index (χ0n) is 18.8. The highest BCUT2D eigenvalue weighted by molar-refractivity contribution is 5.72. The second kappa shape index (κ2) is 9.85. The molecule has 0 radical (unpaired) electrons. The lowest BCUT2D eigenvalue weighted by atomic mass is 10.2. The number of hydrogen-bond acceptors (Lipinski definition) is 6. The normalized spacial score (nSPS) is 11.7. The van der Waals surface area contributed by atoms with Crippen molar-refractivity contribution in [3.05, 3.63) is 80.7 Å². The summed E-state index contributed by atoms with van der Waals surface area (Å²) in [6, 6.07) is 10.0. The number of halogens is 4. The second-order valence-corrected chi connectivity index (χ2v) is 7.75. The van der Waals surface area contributed by atoms with Crippen LogP contribution in [0.5, 0.6) is 17.5 Å². The molecule has 0 bridgehead atoms. The molecule has 2 aromatic carbocycles. The van der Waals surface area contributed by atoms with Gasteiger partial charge in [-0.2, -0.15) is 4.98 Å². The Kier molecular flexibility index (Phi) is 6.84. The Morgan fingerprint density at radius 3 is 2.31 bits per heavy atom. The first kappa shape index (κ1) is 25.0. The molecule has 9 nitrogen and oxygen atoms in total. The van der Waals surface area contributed by atoms with Gasteiger partial charge in [-0.05, 0) is 36.2 Å². The van der Waals surface area contributed by atoms with Crippen LogP contribution in [0.3, 0.4) is 0 Å². The van der Waals surface area contributed by atoms with Gasteiger partial charge in [0.25, 0.3) is 5.56 Å². The Bertz CT molecular complexity index is 1510. The molecule has 36 heavy (non-hydrogen) atoms. The highest BCUT2D eigenvalue weighted by Crippen LogP contribution is 2.35. The van der Waals surface area contributed by atoms with Gasteiger partial charge in [-0.3, -0.25) is 18.5 Å². The molecule has 0 saturated heterocycles. The minimum absolute atomic E-state index is 0.0661. The predicted molar refractivity (Wildman–Crippen MR) is 120 cm³/mol. The van der Waals surface area contributed by atoms with Gasteiger partial charge in [0, 0.05) is 20.2 Å². The van der Waals surface area contributed by atoms with E-state index in [0.29, 0.717) is 5.56 Å². The Labute approximate surface area is 200 Å². The summed E-state index contributed by atoms with van der Waals surface area (Å²) in [6.45, 7) is -0.410. The zero-order valence-corrected chi connectivity index (χ0v) is 18.8. The molecule has 0 amide bonds. The van der Waals surface area contributed by atoms with Crippen LogP contribution < -0.4 is 20.7 Å². The molecule has 0 fully saturated rings. The minimum Gasteiger partial charge on any atom is -0.421 e. The third-order valence-corrected chi connectivity index (χ3v) is 5.27. The van der Waals surface area contributed by atoms with Crippen LogP contribution in [-0.4, -0.2) is 36.8 Å². The largest absolute Gasteiger partial charge is 0.573 e. The predicted octanol–water partition coefficient (Wildman–Crippen LogP) is 3.16. The third kappa shape index (κ3) is 5.10. The van der Waals surface area contributed by atoms with Crippen LogP contribution in [-0.2, 0) is 20.1 Å². The zero-order chi connectivity index (χ0) is 26.0. The van der Waals surface area contributed by atoms with Crippen molar-refractivity contribution in [1.82, 2.24) is 18.7 Å². The highest BCUT2D eigenvalue weighted by Gasteiger charge is 2.33. The molecule has 0 aliphatic carbocycles. The smallest absolute Gasteiger partial charge is 0.421 e. The first-order valence-corrected chi connectivity index (χ1v) is 10.7. The molecule has 0 unspecified atom stereocenters. The average Bonchev–Trinajstić information content (AvgIpc) is 3.17. The van der Waals surface area contributed by atoms with Gasteiger partial charge in [0.1, 0.15) is 5.82 Å². The molecule has 1 N–H and O–H groups in total. The van der Waals surface area contributed by atoms with Gasteiger partial charge in [0.2, 0.25) is 0 Å². The molecule has 0 saturated carbocycles. The number of aliphatic hydroxyl groups excluding tert-OH is 1. The summed E-state index contributed by atoms with van der Waals surface area (Å²) in [6.07, 6.45) is -4.85. The highest BCUT2D eigenvalue weighted by atomic mass is 19.4. The molecule has 4 aromatic rings. The van der Waals surface area contributed by atoms with Gasteiger partial charge < -0.3 is 14.6 Å². The molecule has 2 aromatic heterocycles. The fourth-order valence-electron chi connectivity index (χ4n) is 3.62. The molecule has 13 heteroatoms. The second-order valence-electron chi connectivity index (χ2n) is 7.75.